The van der Waals surface area contributed by atoms with Gasteiger partial charge in [0, 0.05) is 12.1 Å². The molecule has 9 heteroatoms. The van der Waals surface area contributed by atoms with Crippen molar-refractivity contribution in [1.82, 2.24) is 9.88 Å². The Morgan fingerprint density at radius 2 is 1.62 bits per heavy atom. The van der Waals surface area contributed by atoms with Crippen LogP contribution in [0.2, 0.25) is 0 Å². The summed E-state index contributed by atoms with van der Waals surface area (Å²) in [4.78, 5) is 22.2. The Morgan fingerprint density at radius 3 is 2.25 bits per heavy atom. The monoisotopic (exact) mass is 479 g/mol. The first kappa shape index (κ1) is 25.7. The Morgan fingerprint density at radius 1 is 0.969 bits per heavy atom. The fraction of sp³-hybridized carbons (Fsp3) is 0.391. The van der Waals surface area contributed by atoms with E-state index in [0.29, 0.717) is 34.5 Å². The maximum Gasteiger partial charge on any atom is 0.260 e. The van der Waals surface area contributed by atoms with Gasteiger partial charge in [-0.05, 0) is 63.8 Å². The standard InChI is InChI=1S/C23H29N3O4S.ClH/c1-15-8-10-18(29-5)20-21(15)31-23(24-20)26(13-7-12-25(2)3)22(27)16-9-11-17(28-4)19(14-16)30-6;/h8-11,14H,7,12-13H2,1-6H3;1H. The predicted molar refractivity (Wildman–Crippen MR) is 133 cm³/mol. The minimum atomic E-state index is -0.129. The Hall–Kier alpha value is -2.55. The molecule has 0 atom stereocenters. The zero-order chi connectivity index (χ0) is 22.5. The summed E-state index contributed by atoms with van der Waals surface area (Å²) < 4.78 is 17.2. The predicted octanol–water partition coefficient (Wildman–Crippen LogP) is 4.65. The van der Waals surface area contributed by atoms with Gasteiger partial charge in [-0.15, -0.1) is 12.4 Å². The molecule has 3 aromatic rings. The number of carbonyl (C=O) groups is 1. The number of carbonyl (C=O) groups excluding carboxylic acids is 1. The molecule has 0 aliphatic heterocycles. The van der Waals surface area contributed by atoms with E-state index in [-0.39, 0.29) is 18.3 Å². The Labute approximate surface area is 199 Å². The van der Waals surface area contributed by atoms with Crippen LogP contribution < -0.4 is 19.1 Å². The molecular weight excluding hydrogens is 450 g/mol. The fourth-order valence-corrected chi connectivity index (χ4v) is 4.41. The van der Waals surface area contributed by atoms with Gasteiger partial charge in [-0.3, -0.25) is 9.69 Å². The van der Waals surface area contributed by atoms with Crippen LogP contribution >= 0.6 is 23.7 Å². The smallest absolute Gasteiger partial charge is 0.260 e. The van der Waals surface area contributed by atoms with Gasteiger partial charge < -0.3 is 19.1 Å². The molecule has 0 aliphatic rings. The Kier molecular flexibility index (Phi) is 9.12. The highest BCUT2D eigenvalue weighted by atomic mass is 35.5. The van der Waals surface area contributed by atoms with E-state index >= 15 is 0 Å². The van der Waals surface area contributed by atoms with E-state index in [2.05, 4.69) is 4.90 Å². The molecule has 1 heterocycles. The number of methoxy groups -OCH3 is 3. The zero-order valence-corrected chi connectivity index (χ0v) is 20.9. The van der Waals surface area contributed by atoms with Gasteiger partial charge >= 0.3 is 0 Å². The third-order valence-corrected chi connectivity index (χ3v) is 6.22. The number of halogens is 1. The molecule has 1 aromatic heterocycles. The number of anilines is 1. The molecule has 7 nitrogen and oxygen atoms in total. The van der Waals surface area contributed by atoms with E-state index < -0.39 is 0 Å². The van der Waals surface area contributed by atoms with E-state index in [4.69, 9.17) is 19.2 Å². The van der Waals surface area contributed by atoms with Crippen LogP contribution in [-0.4, -0.2) is 64.3 Å². The van der Waals surface area contributed by atoms with Crippen molar-refractivity contribution in [2.45, 2.75) is 13.3 Å². The molecule has 0 aliphatic carbocycles. The van der Waals surface area contributed by atoms with Gasteiger partial charge in [-0.25, -0.2) is 4.98 Å². The molecule has 0 radical (unpaired) electrons. The maximum absolute atomic E-state index is 13.6. The summed E-state index contributed by atoms with van der Waals surface area (Å²) in [5, 5.41) is 0.654. The number of fused-ring (bicyclic) bond motifs is 1. The lowest BCUT2D eigenvalue weighted by Gasteiger charge is -2.21. The number of amides is 1. The summed E-state index contributed by atoms with van der Waals surface area (Å²) in [6, 6.07) is 9.13. The highest BCUT2D eigenvalue weighted by Crippen LogP contribution is 2.37. The van der Waals surface area contributed by atoms with Crippen LogP contribution in [0.1, 0.15) is 22.3 Å². The highest BCUT2D eigenvalue weighted by Gasteiger charge is 2.24. The van der Waals surface area contributed by atoms with Crippen molar-refractivity contribution in [2.24, 2.45) is 0 Å². The van der Waals surface area contributed by atoms with Crippen LogP contribution in [0.3, 0.4) is 0 Å². The lowest BCUT2D eigenvalue weighted by Crippen LogP contribution is -2.33. The first-order valence-corrected chi connectivity index (χ1v) is 10.8. The second-order valence-corrected chi connectivity index (χ2v) is 8.42. The third-order valence-electron chi connectivity index (χ3n) is 5.01. The van der Waals surface area contributed by atoms with E-state index in [1.807, 2.05) is 33.2 Å². The van der Waals surface area contributed by atoms with Crippen molar-refractivity contribution in [3.63, 3.8) is 0 Å². The first-order chi connectivity index (χ1) is 14.9. The summed E-state index contributed by atoms with van der Waals surface area (Å²) in [6.45, 7) is 3.45. The van der Waals surface area contributed by atoms with Gasteiger partial charge in [0.2, 0.25) is 0 Å². The normalized spacial score (nSPS) is 10.7. The van der Waals surface area contributed by atoms with Crippen LogP contribution in [0.4, 0.5) is 5.13 Å². The lowest BCUT2D eigenvalue weighted by atomic mass is 10.1. The van der Waals surface area contributed by atoms with Gasteiger partial charge in [-0.1, -0.05) is 17.4 Å². The molecule has 0 N–H and O–H groups in total. The summed E-state index contributed by atoms with van der Waals surface area (Å²) in [5.41, 5.74) is 2.40. The number of aromatic nitrogens is 1. The topological polar surface area (TPSA) is 64.1 Å². The lowest BCUT2D eigenvalue weighted by molar-refractivity contribution is 0.0985. The Balaban J connectivity index is 0.00000363. The molecule has 2 aromatic carbocycles. The van der Waals surface area contributed by atoms with Gasteiger partial charge in [0.15, 0.2) is 16.6 Å². The van der Waals surface area contributed by atoms with E-state index in [1.54, 1.807) is 44.4 Å². The molecule has 0 spiro atoms. The number of ether oxygens (including phenoxy) is 3. The van der Waals surface area contributed by atoms with Gasteiger partial charge in [-0.2, -0.15) is 0 Å². The van der Waals surface area contributed by atoms with Gasteiger partial charge in [0.1, 0.15) is 11.3 Å². The quantitative estimate of drug-likeness (QED) is 0.445. The van der Waals surface area contributed by atoms with Crippen molar-refractivity contribution in [1.29, 1.82) is 0 Å². The van der Waals surface area contributed by atoms with E-state index in [1.165, 1.54) is 11.3 Å². The molecule has 3 rings (SSSR count). The summed E-state index contributed by atoms with van der Waals surface area (Å²) in [5.74, 6) is 1.67. The molecule has 0 saturated heterocycles. The summed E-state index contributed by atoms with van der Waals surface area (Å²) in [6.07, 6.45) is 0.818. The molecule has 0 saturated carbocycles. The van der Waals surface area contributed by atoms with Crippen LogP contribution in [0.5, 0.6) is 17.2 Å². The summed E-state index contributed by atoms with van der Waals surface area (Å²) in [7, 11) is 8.80. The molecule has 174 valence electrons. The van der Waals surface area contributed by atoms with Crippen molar-refractivity contribution >= 4 is 45.0 Å². The Bertz CT molecular complexity index is 1070. The van der Waals surface area contributed by atoms with Crippen LogP contribution in [0.25, 0.3) is 10.2 Å². The fourth-order valence-electron chi connectivity index (χ4n) is 3.33. The molecule has 32 heavy (non-hydrogen) atoms. The number of hydrogen-bond acceptors (Lipinski definition) is 7. The second-order valence-electron chi connectivity index (χ2n) is 7.44. The molecule has 0 bridgehead atoms. The number of nitrogens with zero attached hydrogens (tertiary/aromatic N) is 3. The van der Waals surface area contributed by atoms with Crippen LogP contribution in [-0.2, 0) is 0 Å². The summed E-state index contributed by atoms with van der Waals surface area (Å²) >= 11 is 1.51. The number of benzene rings is 2. The van der Waals surface area contributed by atoms with E-state index in [9.17, 15) is 4.79 Å². The molecule has 0 fully saturated rings. The van der Waals surface area contributed by atoms with Crippen molar-refractivity contribution in [3.05, 3.63) is 41.5 Å². The third kappa shape index (κ3) is 5.43. The second kappa shape index (κ2) is 11.4. The number of aryl methyl sites for hydroxylation is 1. The van der Waals surface area contributed by atoms with Crippen molar-refractivity contribution in [3.8, 4) is 17.2 Å². The van der Waals surface area contributed by atoms with Gasteiger partial charge in [0.05, 0.1) is 26.0 Å². The minimum absolute atomic E-state index is 0. The van der Waals surface area contributed by atoms with Crippen molar-refractivity contribution < 1.29 is 19.0 Å². The molecular formula is C23H30ClN3O4S. The number of thiazole rings is 1. The largest absolute Gasteiger partial charge is 0.494 e. The van der Waals surface area contributed by atoms with E-state index in [0.717, 1.165) is 28.7 Å². The zero-order valence-electron chi connectivity index (χ0n) is 19.3. The van der Waals surface area contributed by atoms with Crippen LogP contribution in [0.15, 0.2) is 30.3 Å². The molecule has 1 amide bonds. The number of rotatable bonds is 9. The average molecular weight is 480 g/mol. The SMILES string of the molecule is COc1ccc(C(=O)N(CCCN(C)C)c2nc3c(OC)ccc(C)c3s2)cc1OC.Cl. The highest BCUT2D eigenvalue weighted by molar-refractivity contribution is 7.22. The first-order valence-electron chi connectivity index (χ1n) is 10.0. The van der Waals surface area contributed by atoms with Crippen molar-refractivity contribution in [2.75, 3.05) is 53.4 Å². The minimum Gasteiger partial charge on any atom is -0.494 e. The number of hydrogen-bond donors (Lipinski definition) is 0. The van der Waals surface area contributed by atoms with Gasteiger partial charge in [0.25, 0.3) is 5.91 Å². The average Bonchev–Trinajstić information content (AvgIpc) is 3.22. The maximum atomic E-state index is 13.6. The van der Waals surface area contributed by atoms with Crippen LogP contribution in [0, 0.1) is 6.92 Å². The molecule has 0 unspecified atom stereocenters.